The average molecular weight is 374 g/mol. The van der Waals surface area contributed by atoms with Crippen molar-refractivity contribution >= 4 is 11.8 Å². The Hall–Kier alpha value is -3.21. The molecule has 0 N–H and O–H groups in total. The first-order valence-electron chi connectivity index (χ1n) is 9.48. The van der Waals surface area contributed by atoms with Gasteiger partial charge in [0.1, 0.15) is 0 Å². The molecule has 0 saturated heterocycles. The number of ketones is 1. The Kier molecular flexibility index (Phi) is 4.82. The van der Waals surface area contributed by atoms with Crippen LogP contribution in [0.4, 0.5) is 0 Å². The molecule has 2 aromatic carbocycles. The number of imidazole rings is 1. The van der Waals surface area contributed by atoms with Crippen LogP contribution < -0.4 is 0 Å². The number of methoxy groups -OCH3 is 1. The van der Waals surface area contributed by atoms with E-state index >= 15 is 0 Å². The van der Waals surface area contributed by atoms with E-state index in [2.05, 4.69) is 4.57 Å². The Morgan fingerprint density at radius 1 is 1.04 bits per heavy atom. The third-order valence-corrected chi connectivity index (χ3v) is 5.29. The summed E-state index contributed by atoms with van der Waals surface area (Å²) in [6.07, 6.45) is 3.01. The summed E-state index contributed by atoms with van der Waals surface area (Å²) in [6.45, 7) is 2.75. The van der Waals surface area contributed by atoms with Gasteiger partial charge >= 0.3 is 5.97 Å². The topological polar surface area (TPSA) is 61.2 Å². The lowest BCUT2D eigenvalue weighted by atomic mass is 10.0. The highest BCUT2D eigenvalue weighted by molar-refractivity contribution is 6.08. The van der Waals surface area contributed by atoms with Gasteiger partial charge < -0.3 is 9.30 Å². The molecule has 0 atom stereocenters. The Labute approximate surface area is 164 Å². The van der Waals surface area contributed by atoms with Crippen LogP contribution in [0.15, 0.2) is 48.5 Å². The Bertz CT molecular complexity index is 1050. The molecule has 2 heterocycles. The summed E-state index contributed by atoms with van der Waals surface area (Å²) in [7, 11) is 1.37. The van der Waals surface area contributed by atoms with E-state index in [1.807, 2.05) is 43.3 Å². The van der Waals surface area contributed by atoms with Gasteiger partial charge in [0.25, 0.3) is 0 Å². The van der Waals surface area contributed by atoms with Gasteiger partial charge in [0.15, 0.2) is 5.82 Å². The fourth-order valence-corrected chi connectivity index (χ4v) is 3.78. The van der Waals surface area contributed by atoms with Crippen molar-refractivity contribution in [1.82, 2.24) is 9.55 Å². The van der Waals surface area contributed by atoms with Crippen LogP contribution in [0.1, 0.15) is 50.6 Å². The van der Waals surface area contributed by atoms with E-state index < -0.39 is 0 Å². The van der Waals surface area contributed by atoms with Crippen LogP contribution >= 0.6 is 0 Å². The van der Waals surface area contributed by atoms with Gasteiger partial charge in [-0.15, -0.1) is 0 Å². The highest BCUT2D eigenvalue weighted by atomic mass is 16.5. The summed E-state index contributed by atoms with van der Waals surface area (Å²) in [5.74, 6) is 0.0866. The number of fused-ring (bicyclic) bond motifs is 1. The summed E-state index contributed by atoms with van der Waals surface area (Å²) < 4.78 is 6.84. The molecule has 142 valence electrons. The van der Waals surface area contributed by atoms with E-state index in [0.29, 0.717) is 17.0 Å². The van der Waals surface area contributed by atoms with Crippen molar-refractivity contribution < 1.29 is 14.3 Å². The van der Waals surface area contributed by atoms with Crippen molar-refractivity contribution in [2.45, 2.75) is 32.7 Å². The summed E-state index contributed by atoms with van der Waals surface area (Å²) >= 11 is 0. The Morgan fingerprint density at radius 3 is 2.50 bits per heavy atom. The Morgan fingerprint density at radius 2 is 1.79 bits per heavy atom. The van der Waals surface area contributed by atoms with Crippen LogP contribution in [0, 0.1) is 6.92 Å². The number of benzene rings is 2. The van der Waals surface area contributed by atoms with Crippen LogP contribution in [-0.2, 0) is 17.7 Å². The van der Waals surface area contributed by atoms with Crippen molar-refractivity contribution in [1.29, 1.82) is 0 Å². The zero-order valence-electron chi connectivity index (χ0n) is 16.1. The maximum atomic E-state index is 13.2. The van der Waals surface area contributed by atoms with Gasteiger partial charge in [-0.3, -0.25) is 4.79 Å². The van der Waals surface area contributed by atoms with Gasteiger partial charge in [0.05, 0.1) is 18.4 Å². The zero-order valence-corrected chi connectivity index (χ0v) is 16.1. The van der Waals surface area contributed by atoms with Gasteiger partial charge in [0, 0.05) is 23.4 Å². The van der Waals surface area contributed by atoms with Crippen LogP contribution in [0.25, 0.3) is 11.3 Å². The van der Waals surface area contributed by atoms with Crippen molar-refractivity contribution in [2.75, 3.05) is 7.11 Å². The molecule has 0 spiro atoms. The number of carbonyl (C=O) groups excluding carboxylic acids is 2. The van der Waals surface area contributed by atoms with Gasteiger partial charge in [-0.05, 0) is 43.9 Å². The normalized spacial score (nSPS) is 13.1. The monoisotopic (exact) mass is 374 g/mol. The van der Waals surface area contributed by atoms with E-state index in [1.54, 1.807) is 12.1 Å². The molecule has 1 aliphatic heterocycles. The second-order valence-corrected chi connectivity index (χ2v) is 7.05. The van der Waals surface area contributed by atoms with Gasteiger partial charge in [-0.2, -0.15) is 0 Å². The molecular weight excluding hydrogens is 352 g/mol. The fourth-order valence-electron chi connectivity index (χ4n) is 3.78. The quantitative estimate of drug-likeness (QED) is 0.507. The summed E-state index contributed by atoms with van der Waals surface area (Å²) in [5, 5.41) is 0. The average Bonchev–Trinajstić information content (AvgIpc) is 3.13. The second kappa shape index (κ2) is 7.43. The molecule has 1 aromatic heterocycles. The number of esters is 1. The number of hydrogen-bond donors (Lipinski definition) is 0. The first kappa shape index (κ1) is 18.2. The number of carbonyl (C=O) groups is 2. The van der Waals surface area contributed by atoms with E-state index in [-0.39, 0.29) is 11.8 Å². The molecule has 0 saturated carbocycles. The molecule has 0 unspecified atom stereocenters. The standard InChI is InChI=1S/C23H22N2O3/c1-15-7-3-4-8-18(15)21(26)22-24-20(19-9-5-6-14-25(19)22)16-10-12-17(13-11-16)23(27)28-2/h3-4,7-8,10-13H,5-6,9,14H2,1-2H3. The van der Waals surface area contributed by atoms with Gasteiger partial charge in [-0.25, -0.2) is 9.78 Å². The summed E-state index contributed by atoms with van der Waals surface area (Å²) in [6, 6.07) is 14.8. The molecule has 0 bridgehead atoms. The van der Waals surface area contributed by atoms with E-state index in [9.17, 15) is 9.59 Å². The zero-order chi connectivity index (χ0) is 19.7. The van der Waals surface area contributed by atoms with Crippen molar-refractivity contribution in [2.24, 2.45) is 0 Å². The second-order valence-electron chi connectivity index (χ2n) is 7.05. The third-order valence-electron chi connectivity index (χ3n) is 5.29. The molecule has 0 amide bonds. The van der Waals surface area contributed by atoms with Crippen molar-refractivity contribution in [3.05, 3.63) is 76.7 Å². The van der Waals surface area contributed by atoms with Gasteiger partial charge in [-0.1, -0.05) is 36.4 Å². The molecular formula is C23H22N2O3. The number of aromatic nitrogens is 2. The number of rotatable bonds is 4. The highest BCUT2D eigenvalue weighted by Gasteiger charge is 2.26. The Balaban J connectivity index is 1.79. The minimum absolute atomic E-state index is 0.0429. The lowest BCUT2D eigenvalue weighted by molar-refractivity contribution is 0.0600. The minimum atomic E-state index is -0.367. The lowest BCUT2D eigenvalue weighted by Crippen LogP contribution is -2.17. The molecule has 0 aliphatic carbocycles. The first-order chi connectivity index (χ1) is 13.6. The number of ether oxygens (including phenoxy) is 1. The largest absolute Gasteiger partial charge is 0.465 e. The molecule has 5 heteroatoms. The molecule has 1 aliphatic rings. The predicted molar refractivity (Wildman–Crippen MR) is 107 cm³/mol. The molecule has 28 heavy (non-hydrogen) atoms. The maximum absolute atomic E-state index is 13.2. The molecule has 5 nitrogen and oxygen atoms in total. The smallest absolute Gasteiger partial charge is 0.337 e. The number of aryl methyl sites for hydroxylation is 1. The first-order valence-corrected chi connectivity index (χ1v) is 9.48. The fraction of sp³-hybridized carbons (Fsp3) is 0.261. The molecule has 0 fully saturated rings. The van der Waals surface area contributed by atoms with Crippen molar-refractivity contribution in [3.63, 3.8) is 0 Å². The minimum Gasteiger partial charge on any atom is -0.465 e. The molecule has 3 aromatic rings. The highest BCUT2D eigenvalue weighted by Crippen LogP contribution is 2.30. The maximum Gasteiger partial charge on any atom is 0.337 e. The SMILES string of the molecule is COC(=O)c1ccc(-c2nc(C(=O)c3ccccc3C)n3c2CCCC3)cc1. The van der Waals surface area contributed by atoms with Crippen molar-refractivity contribution in [3.8, 4) is 11.3 Å². The van der Waals surface area contributed by atoms with Crippen LogP contribution in [0.5, 0.6) is 0 Å². The molecule has 0 radical (unpaired) electrons. The number of nitrogens with zero attached hydrogens (tertiary/aromatic N) is 2. The summed E-state index contributed by atoms with van der Waals surface area (Å²) in [4.78, 5) is 29.7. The predicted octanol–water partition coefficient (Wildman–Crippen LogP) is 4.21. The summed E-state index contributed by atoms with van der Waals surface area (Å²) in [5.41, 5.74) is 4.96. The van der Waals surface area contributed by atoms with E-state index in [4.69, 9.17) is 9.72 Å². The van der Waals surface area contributed by atoms with E-state index in [1.165, 1.54) is 7.11 Å². The molecule has 4 rings (SSSR count). The van der Waals surface area contributed by atoms with Gasteiger partial charge in [0.2, 0.25) is 5.78 Å². The third kappa shape index (κ3) is 3.13. The van der Waals surface area contributed by atoms with E-state index in [0.717, 1.165) is 48.3 Å². The lowest BCUT2D eigenvalue weighted by Gasteiger charge is -2.17. The van der Waals surface area contributed by atoms with Crippen LogP contribution in [0.2, 0.25) is 0 Å². The number of hydrogen-bond acceptors (Lipinski definition) is 4. The van der Waals surface area contributed by atoms with Crippen LogP contribution in [-0.4, -0.2) is 28.4 Å². The van der Waals surface area contributed by atoms with Crippen LogP contribution in [0.3, 0.4) is 0 Å².